The molecule has 0 spiro atoms. The molecule has 0 saturated heterocycles. The van der Waals surface area contributed by atoms with Crippen LogP contribution < -0.4 is 5.32 Å². The van der Waals surface area contributed by atoms with Crippen LogP contribution in [0, 0.1) is 0 Å². The molecular formula is C13H11N3S. The van der Waals surface area contributed by atoms with Gasteiger partial charge in [-0.3, -0.25) is 4.98 Å². The molecule has 2 heterocycles. The highest BCUT2D eigenvalue weighted by Gasteiger charge is 1.98. The summed E-state index contributed by atoms with van der Waals surface area (Å²) < 4.78 is 1.21. The third-order valence-corrected chi connectivity index (χ3v) is 3.34. The van der Waals surface area contributed by atoms with Crippen molar-refractivity contribution in [1.82, 2.24) is 9.97 Å². The Bertz CT molecular complexity index is 619. The molecular weight excluding hydrogens is 230 g/mol. The monoisotopic (exact) mass is 241 g/mol. The van der Waals surface area contributed by atoms with Crippen LogP contribution in [0.25, 0.3) is 10.2 Å². The van der Waals surface area contributed by atoms with Crippen molar-refractivity contribution in [3.8, 4) is 0 Å². The minimum absolute atomic E-state index is 0.790. The van der Waals surface area contributed by atoms with E-state index in [-0.39, 0.29) is 0 Å². The molecule has 4 heteroatoms. The number of hydrogen-bond donors (Lipinski definition) is 1. The van der Waals surface area contributed by atoms with Gasteiger partial charge in [-0.25, -0.2) is 4.98 Å². The van der Waals surface area contributed by atoms with Gasteiger partial charge in [0.15, 0.2) is 0 Å². The van der Waals surface area contributed by atoms with Gasteiger partial charge in [-0.15, -0.1) is 11.3 Å². The molecule has 1 aromatic carbocycles. The molecule has 0 fully saturated rings. The Kier molecular flexibility index (Phi) is 2.71. The Labute approximate surface area is 103 Å². The van der Waals surface area contributed by atoms with Crippen LogP contribution in [0.15, 0.2) is 48.2 Å². The van der Waals surface area contributed by atoms with Crippen LogP contribution in [0.3, 0.4) is 0 Å². The number of rotatable bonds is 3. The number of benzene rings is 1. The summed E-state index contributed by atoms with van der Waals surface area (Å²) in [5, 5.41) is 3.38. The van der Waals surface area contributed by atoms with Gasteiger partial charge in [0.1, 0.15) is 0 Å². The van der Waals surface area contributed by atoms with Crippen molar-refractivity contribution in [2.45, 2.75) is 6.54 Å². The zero-order valence-electron chi connectivity index (χ0n) is 9.13. The van der Waals surface area contributed by atoms with Gasteiger partial charge in [-0.2, -0.15) is 0 Å². The second-order valence-electron chi connectivity index (χ2n) is 3.75. The van der Waals surface area contributed by atoms with Gasteiger partial charge < -0.3 is 5.32 Å². The molecule has 3 rings (SSSR count). The highest BCUT2D eigenvalue weighted by molar-refractivity contribution is 7.16. The minimum atomic E-state index is 0.790. The van der Waals surface area contributed by atoms with E-state index in [1.165, 1.54) is 10.3 Å². The second kappa shape index (κ2) is 4.51. The third-order valence-electron chi connectivity index (χ3n) is 2.55. The number of pyridine rings is 1. The topological polar surface area (TPSA) is 37.8 Å². The van der Waals surface area contributed by atoms with E-state index in [0.29, 0.717) is 0 Å². The first-order valence-corrected chi connectivity index (χ1v) is 6.26. The lowest BCUT2D eigenvalue weighted by Crippen LogP contribution is -1.99. The van der Waals surface area contributed by atoms with Crippen LogP contribution in [0.1, 0.15) is 5.56 Å². The molecule has 3 aromatic rings. The maximum Gasteiger partial charge on any atom is 0.0813 e. The van der Waals surface area contributed by atoms with Crippen LogP contribution >= 0.6 is 11.3 Å². The smallest absolute Gasteiger partial charge is 0.0813 e. The zero-order valence-corrected chi connectivity index (χ0v) is 9.95. The molecule has 3 nitrogen and oxygen atoms in total. The van der Waals surface area contributed by atoms with Gasteiger partial charge >= 0.3 is 0 Å². The van der Waals surface area contributed by atoms with Gasteiger partial charge in [-0.05, 0) is 29.8 Å². The van der Waals surface area contributed by atoms with E-state index >= 15 is 0 Å². The van der Waals surface area contributed by atoms with E-state index in [0.717, 1.165) is 17.7 Å². The van der Waals surface area contributed by atoms with Gasteiger partial charge in [0, 0.05) is 24.6 Å². The number of hydrogen-bond acceptors (Lipinski definition) is 4. The first kappa shape index (κ1) is 10.2. The van der Waals surface area contributed by atoms with E-state index in [1.807, 2.05) is 23.8 Å². The van der Waals surface area contributed by atoms with Crippen molar-refractivity contribution >= 4 is 27.2 Å². The van der Waals surface area contributed by atoms with Crippen molar-refractivity contribution in [1.29, 1.82) is 0 Å². The molecule has 0 bridgehead atoms. The fourth-order valence-electron chi connectivity index (χ4n) is 1.67. The molecule has 0 aliphatic rings. The summed E-state index contributed by atoms with van der Waals surface area (Å²) in [6, 6.07) is 10.2. The van der Waals surface area contributed by atoms with E-state index in [4.69, 9.17) is 0 Å². The first-order chi connectivity index (χ1) is 8.42. The Balaban J connectivity index is 1.76. The van der Waals surface area contributed by atoms with Gasteiger partial charge in [0.05, 0.1) is 15.7 Å². The highest BCUT2D eigenvalue weighted by Crippen LogP contribution is 2.22. The number of fused-ring (bicyclic) bond motifs is 1. The zero-order chi connectivity index (χ0) is 11.5. The predicted octanol–water partition coefficient (Wildman–Crippen LogP) is 3.30. The third kappa shape index (κ3) is 2.26. The number of nitrogens with zero attached hydrogens (tertiary/aromatic N) is 2. The summed E-state index contributed by atoms with van der Waals surface area (Å²) in [6.45, 7) is 0.790. The molecule has 0 atom stereocenters. The quantitative estimate of drug-likeness (QED) is 0.764. The molecule has 0 unspecified atom stereocenters. The Morgan fingerprint density at radius 2 is 2.24 bits per heavy atom. The fraction of sp³-hybridized carbons (Fsp3) is 0.0769. The number of thiazole rings is 1. The molecule has 0 saturated carbocycles. The highest BCUT2D eigenvalue weighted by atomic mass is 32.1. The number of nitrogens with one attached hydrogen (secondary N) is 1. The second-order valence-corrected chi connectivity index (χ2v) is 4.64. The first-order valence-electron chi connectivity index (χ1n) is 5.38. The maximum absolute atomic E-state index is 4.26. The predicted molar refractivity (Wildman–Crippen MR) is 71.2 cm³/mol. The SMILES string of the molecule is c1cncc(CNc2ccc3ncsc3c2)c1. The maximum atomic E-state index is 4.26. The summed E-state index contributed by atoms with van der Waals surface area (Å²) in [6.07, 6.45) is 3.66. The molecule has 17 heavy (non-hydrogen) atoms. The average Bonchev–Trinajstić information content (AvgIpc) is 2.85. The average molecular weight is 241 g/mol. The molecule has 2 aromatic heterocycles. The molecule has 0 radical (unpaired) electrons. The molecule has 0 aliphatic carbocycles. The normalized spacial score (nSPS) is 10.6. The minimum Gasteiger partial charge on any atom is -0.381 e. The van der Waals surface area contributed by atoms with Crippen molar-refractivity contribution in [2.24, 2.45) is 0 Å². The van der Waals surface area contributed by atoms with Gasteiger partial charge in [0.2, 0.25) is 0 Å². The van der Waals surface area contributed by atoms with E-state index in [2.05, 4.69) is 33.5 Å². The Morgan fingerprint density at radius 1 is 1.24 bits per heavy atom. The number of anilines is 1. The summed E-state index contributed by atoms with van der Waals surface area (Å²) in [5.41, 5.74) is 5.22. The lowest BCUT2D eigenvalue weighted by Gasteiger charge is -2.05. The lowest BCUT2D eigenvalue weighted by atomic mass is 10.2. The van der Waals surface area contributed by atoms with Crippen LogP contribution in [-0.2, 0) is 6.54 Å². The van der Waals surface area contributed by atoms with E-state index in [1.54, 1.807) is 17.5 Å². The Morgan fingerprint density at radius 3 is 3.12 bits per heavy atom. The molecule has 1 N–H and O–H groups in total. The summed E-state index contributed by atoms with van der Waals surface area (Å²) >= 11 is 1.66. The molecule has 84 valence electrons. The largest absolute Gasteiger partial charge is 0.381 e. The fourth-order valence-corrected chi connectivity index (χ4v) is 2.39. The van der Waals surface area contributed by atoms with Crippen molar-refractivity contribution in [2.75, 3.05) is 5.32 Å². The van der Waals surface area contributed by atoms with Crippen molar-refractivity contribution in [3.05, 3.63) is 53.8 Å². The van der Waals surface area contributed by atoms with Crippen LogP contribution in [0.5, 0.6) is 0 Å². The van der Waals surface area contributed by atoms with Crippen LogP contribution in [0.4, 0.5) is 5.69 Å². The van der Waals surface area contributed by atoms with Crippen LogP contribution in [-0.4, -0.2) is 9.97 Å². The molecule has 0 aliphatic heterocycles. The standard InChI is InChI=1S/C13H11N3S/c1-2-10(7-14-5-1)8-15-11-3-4-12-13(6-11)17-9-16-12/h1-7,9,15H,8H2. The Hall–Kier alpha value is -1.94. The number of aromatic nitrogens is 2. The summed E-state index contributed by atoms with van der Waals surface area (Å²) in [5.74, 6) is 0. The van der Waals surface area contributed by atoms with Crippen LogP contribution in [0.2, 0.25) is 0 Å². The lowest BCUT2D eigenvalue weighted by molar-refractivity contribution is 1.11. The molecule has 0 amide bonds. The summed E-state index contributed by atoms with van der Waals surface area (Å²) in [7, 11) is 0. The van der Waals surface area contributed by atoms with Crippen molar-refractivity contribution in [3.63, 3.8) is 0 Å². The van der Waals surface area contributed by atoms with E-state index < -0.39 is 0 Å². The van der Waals surface area contributed by atoms with Crippen molar-refractivity contribution < 1.29 is 0 Å². The van der Waals surface area contributed by atoms with Gasteiger partial charge in [0.25, 0.3) is 0 Å². The van der Waals surface area contributed by atoms with Gasteiger partial charge in [-0.1, -0.05) is 6.07 Å². The van der Waals surface area contributed by atoms with E-state index in [9.17, 15) is 0 Å². The summed E-state index contributed by atoms with van der Waals surface area (Å²) in [4.78, 5) is 8.35.